The highest BCUT2D eigenvalue weighted by Gasteiger charge is 2.46. The first-order valence-electron chi connectivity index (χ1n) is 23.9. The SMILES string of the molecule is c1ccc(-n2c3cc(-c4ccc(N(c5ccc6c(c5)C(c5ccccc5)(c5ccccc5)c5ccccc5-6)c5ccc6c(ccc7ccccc76)c5)cc4)ccc3c3ccc4ccccc4c32)cc1. The Morgan fingerprint density at radius 1 is 0.304 bits per heavy atom. The smallest absolute Gasteiger partial charge is 0.0714 e. The zero-order valence-electron chi connectivity index (χ0n) is 37.8. The van der Waals surface area contributed by atoms with Crippen LogP contribution in [-0.4, -0.2) is 4.57 Å². The van der Waals surface area contributed by atoms with Gasteiger partial charge in [0.1, 0.15) is 0 Å². The molecule has 0 amide bonds. The fourth-order valence-corrected chi connectivity index (χ4v) is 11.8. The minimum Gasteiger partial charge on any atom is -0.310 e. The summed E-state index contributed by atoms with van der Waals surface area (Å²) in [5.74, 6) is 0. The van der Waals surface area contributed by atoms with Gasteiger partial charge in [0.15, 0.2) is 0 Å². The van der Waals surface area contributed by atoms with Gasteiger partial charge in [-0.2, -0.15) is 0 Å². The summed E-state index contributed by atoms with van der Waals surface area (Å²) in [6.45, 7) is 0. The van der Waals surface area contributed by atoms with Gasteiger partial charge in [-0.3, -0.25) is 0 Å². The highest BCUT2D eigenvalue weighted by molar-refractivity contribution is 6.19. The molecule has 0 spiro atoms. The predicted octanol–water partition coefficient (Wildman–Crippen LogP) is 17.7. The van der Waals surface area contributed by atoms with Crippen molar-refractivity contribution in [3.63, 3.8) is 0 Å². The van der Waals surface area contributed by atoms with E-state index in [1.165, 1.54) is 93.1 Å². The quantitative estimate of drug-likeness (QED) is 0.145. The maximum Gasteiger partial charge on any atom is 0.0714 e. The molecule has 0 aliphatic heterocycles. The van der Waals surface area contributed by atoms with Gasteiger partial charge in [0.05, 0.1) is 16.4 Å². The Labute approximate surface area is 401 Å². The molecule has 1 aliphatic rings. The number of hydrogen-bond donors (Lipinski definition) is 0. The second-order valence-electron chi connectivity index (χ2n) is 18.4. The van der Waals surface area contributed by atoms with E-state index in [0.29, 0.717) is 0 Å². The van der Waals surface area contributed by atoms with Crippen LogP contribution in [0.25, 0.3) is 82.1 Å². The van der Waals surface area contributed by atoms with Crippen molar-refractivity contribution < 1.29 is 0 Å². The molecule has 0 bridgehead atoms. The van der Waals surface area contributed by atoms with Gasteiger partial charge in [0.25, 0.3) is 0 Å². The molecule has 2 nitrogen and oxygen atoms in total. The molecule has 1 aliphatic carbocycles. The number of aromatic nitrogens is 1. The molecule has 0 radical (unpaired) electrons. The molecule has 0 saturated carbocycles. The number of anilines is 3. The molecule has 12 aromatic carbocycles. The number of hydrogen-bond acceptors (Lipinski definition) is 1. The van der Waals surface area contributed by atoms with E-state index in [4.69, 9.17) is 0 Å². The molecule has 1 aromatic heterocycles. The van der Waals surface area contributed by atoms with Crippen LogP contribution in [0.1, 0.15) is 22.3 Å². The van der Waals surface area contributed by atoms with E-state index in [0.717, 1.165) is 28.3 Å². The number of rotatable bonds is 7. The van der Waals surface area contributed by atoms with Crippen LogP contribution in [0.3, 0.4) is 0 Å². The van der Waals surface area contributed by atoms with Crippen molar-refractivity contribution in [3.8, 4) is 27.9 Å². The van der Waals surface area contributed by atoms with Crippen LogP contribution in [0, 0.1) is 0 Å². The molecule has 1 heterocycles. The van der Waals surface area contributed by atoms with Crippen molar-refractivity contribution in [2.45, 2.75) is 5.41 Å². The molecule has 0 unspecified atom stereocenters. The van der Waals surface area contributed by atoms with Gasteiger partial charge < -0.3 is 9.47 Å². The summed E-state index contributed by atoms with van der Waals surface area (Å²) >= 11 is 0. The Morgan fingerprint density at radius 2 is 0.826 bits per heavy atom. The van der Waals surface area contributed by atoms with Crippen LogP contribution in [-0.2, 0) is 5.41 Å². The van der Waals surface area contributed by atoms with E-state index >= 15 is 0 Å². The van der Waals surface area contributed by atoms with Crippen LogP contribution >= 0.6 is 0 Å². The third kappa shape index (κ3) is 5.99. The molecule has 0 N–H and O–H groups in total. The van der Waals surface area contributed by atoms with Gasteiger partial charge in [-0.15, -0.1) is 0 Å². The molecule has 0 fully saturated rings. The maximum atomic E-state index is 2.47. The topological polar surface area (TPSA) is 8.17 Å². The van der Waals surface area contributed by atoms with Crippen LogP contribution in [0.2, 0.25) is 0 Å². The van der Waals surface area contributed by atoms with Gasteiger partial charge in [-0.1, -0.05) is 212 Å². The summed E-state index contributed by atoms with van der Waals surface area (Å²) in [5, 5.41) is 9.97. The fraction of sp³-hybridized carbons (Fsp3) is 0.0149. The van der Waals surface area contributed by atoms with Gasteiger partial charge in [-0.25, -0.2) is 0 Å². The largest absolute Gasteiger partial charge is 0.310 e. The van der Waals surface area contributed by atoms with E-state index in [2.05, 4.69) is 276 Å². The first-order valence-corrected chi connectivity index (χ1v) is 23.9. The lowest BCUT2D eigenvalue weighted by molar-refractivity contribution is 0.768. The normalized spacial score (nSPS) is 12.8. The lowest BCUT2D eigenvalue weighted by Gasteiger charge is -2.35. The summed E-state index contributed by atoms with van der Waals surface area (Å²) in [5.41, 5.74) is 16.3. The van der Waals surface area contributed by atoms with Crippen LogP contribution in [0.5, 0.6) is 0 Å². The molecule has 0 saturated heterocycles. The summed E-state index contributed by atoms with van der Waals surface area (Å²) in [6.07, 6.45) is 0. The van der Waals surface area contributed by atoms with E-state index in [9.17, 15) is 0 Å². The Hall–Kier alpha value is -8.98. The van der Waals surface area contributed by atoms with Crippen molar-refractivity contribution in [1.82, 2.24) is 4.57 Å². The third-order valence-electron chi connectivity index (χ3n) is 14.8. The first-order chi connectivity index (χ1) is 34.2. The van der Waals surface area contributed by atoms with E-state index < -0.39 is 5.41 Å². The molecule has 0 atom stereocenters. The van der Waals surface area contributed by atoms with Crippen molar-refractivity contribution >= 4 is 71.2 Å². The Morgan fingerprint density at radius 3 is 1.59 bits per heavy atom. The van der Waals surface area contributed by atoms with E-state index in [-0.39, 0.29) is 0 Å². The number of fused-ring (bicyclic) bond motifs is 11. The van der Waals surface area contributed by atoms with Crippen molar-refractivity contribution in [2.75, 3.05) is 4.90 Å². The average molecular weight is 877 g/mol. The lowest BCUT2D eigenvalue weighted by atomic mass is 9.67. The van der Waals surface area contributed by atoms with Crippen molar-refractivity contribution in [3.05, 3.63) is 289 Å². The highest BCUT2D eigenvalue weighted by atomic mass is 15.1. The van der Waals surface area contributed by atoms with Crippen molar-refractivity contribution in [1.29, 1.82) is 0 Å². The number of benzene rings is 12. The zero-order valence-corrected chi connectivity index (χ0v) is 37.8. The molecule has 13 aromatic rings. The molecular formula is C67H44N2. The van der Waals surface area contributed by atoms with Crippen LogP contribution < -0.4 is 4.90 Å². The van der Waals surface area contributed by atoms with Gasteiger partial charge in [-0.05, 0) is 126 Å². The second-order valence-corrected chi connectivity index (χ2v) is 18.4. The Balaban J connectivity index is 0.959. The summed E-state index contributed by atoms with van der Waals surface area (Å²) < 4.78 is 2.45. The van der Waals surface area contributed by atoms with Gasteiger partial charge in [0.2, 0.25) is 0 Å². The molecule has 2 heteroatoms. The van der Waals surface area contributed by atoms with E-state index in [1.54, 1.807) is 0 Å². The lowest BCUT2D eigenvalue weighted by Crippen LogP contribution is -2.28. The predicted molar refractivity (Wildman–Crippen MR) is 291 cm³/mol. The minimum absolute atomic E-state index is 0.518. The Bertz CT molecular complexity index is 4070. The average Bonchev–Trinajstić information content (AvgIpc) is 3.92. The zero-order chi connectivity index (χ0) is 45.5. The number of para-hydroxylation sites is 1. The monoisotopic (exact) mass is 876 g/mol. The third-order valence-corrected chi connectivity index (χ3v) is 14.8. The van der Waals surface area contributed by atoms with Gasteiger partial charge >= 0.3 is 0 Å². The highest BCUT2D eigenvalue weighted by Crippen LogP contribution is 2.57. The molecular weight excluding hydrogens is 833 g/mol. The minimum atomic E-state index is -0.518. The molecule has 322 valence electrons. The van der Waals surface area contributed by atoms with Crippen LogP contribution in [0.4, 0.5) is 17.1 Å². The number of nitrogens with zero attached hydrogens (tertiary/aromatic N) is 2. The second kappa shape index (κ2) is 15.6. The fourth-order valence-electron chi connectivity index (χ4n) is 11.8. The Kier molecular flexibility index (Phi) is 8.84. The van der Waals surface area contributed by atoms with Crippen LogP contribution in [0.15, 0.2) is 267 Å². The van der Waals surface area contributed by atoms with E-state index in [1.807, 2.05) is 0 Å². The first kappa shape index (κ1) is 39.2. The summed E-state index contributed by atoms with van der Waals surface area (Å²) in [7, 11) is 0. The van der Waals surface area contributed by atoms with Crippen molar-refractivity contribution in [2.24, 2.45) is 0 Å². The molecule has 14 rings (SSSR count). The van der Waals surface area contributed by atoms with Gasteiger partial charge in [0, 0.05) is 38.9 Å². The maximum absolute atomic E-state index is 2.47. The summed E-state index contributed by atoms with van der Waals surface area (Å²) in [6, 6.07) is 98.7. The standard InChI is InChI=1S/C67H44N2/c1-4-18-50(19-5-1)67(51-20-6-2-7-21-51)63-27-15-14-26-59(63)60-41-37-55(44-64(60)67)68(54-36-40-57-49(42-54)29-28-46-16-10-12-24-56(46)57)53-34-30-45(31-35-53)48-33-38-61-62-39-32-47-17-11-13-25-58(47)66(62)69(65(61)43-48)52-22-8-3-9-23-52/h1-44H. The molecule has 69 heavy (non-hydrogen) atoms. The summed E-state index contributed by atoms with van der Waals surface area (Å²) in [4.78, 5) is 2.45.